The molecule has 0 aromatic heterocycles. The van der Waals surface area contributed by atoms with E-state index in [2.05, 4.69) is 29.2 Å². The van der Waals surface area contributed by atoms with Gasteiger partial charge in [0.2, 0.25) is 0 Å². The summed E-state index contributed by atoms with van der Waals surface area (Å²) in [5, 5.41) is 0. The Kier molecular flexibility index (Phi) is 4.81. The number of hydrogen-bond donors (Lipinski definition) is 0. The summed E-state index contributed by atoms with van der Waals surface area (Å²) in [7, 11) is 1.40. The Labute approximate surface area is 137 Å². The van der Waals surface area contributed by atoms with Gasteiger partial charge in [-0.15, -0.1) is 0 Å². The molecule has 1 aromatic carbocycles. The van der Waals surface area contributed by atoms with Crippen LogP contribution in [-0.4, -0.2) is 36.9 Å². The van der Waals surface area contributed by atoms with Crippen LogP contribution >= 0.6 is 0 Å². The fourth-order valence-corrected chi connectivity index (χ4v) is 4.01. The first kappa shape index (κ1) is 16.2. The van der Waals surface area contributed by atoms with Crippen molar-refractivity contribution in [1.82, 2.24) is 4.90 Å². The molecule has 0 amide bonds. The van der Waals surface area contributed by atoms with Crippen LogP contribution in [0.15, 0.2) is 30.3 Å². The zero-order chi connectivity index (χ0) is 16.3. The van der Waals surface area contributed by atoms with Gasteiger partial charge in [-0.05, 0) is 44.3 Å². The monoisotopic (exact) mass is 315 g/mol. The quantitative estimate of drug-likeness (QED) is 0.805. The Morgan fingerprint density at radius 2 is 1.91 bits per heavy atom. The van der Waals surface area contributed by atoms with Crippen molar-refractivity contribution < 1.29 is 14.3 Å². The lowest BCUT2D eigenvalue weighted by Crippen LogP contribution is -2.47. The molecule has 1 unspecified atom stereocenters. The minimum Gasteiger partial charge on any atom is -0.469 e. The van der Waals surface area contributed by atoms with Gasteiger partial charge in [0, 0.05) is 18.4 Å². The van der Waals surface area contributed by atoms with Crippen molar-refractivity contribution in [3.8, 4) is 0 Å². The van der Waals surface area contributed by atoms with Crippen LogP contribution in [-0.2, 0) is 20.9 Å². The van der Waals surface area contributed by atoms with Gasteiger partial charge in [-0.2, -0.15) is 0 Å². The standard InChI is InChI=1S/C19H25NO3/c1-23-18(22)16-7-8-19(17(21)13-16)9-11-20(12-10-19)14-15-5-3-2-4-6-15/h2-6,16H,7-14H2,1H3. The lowest BCUT2D eigenvalue weighted by atomic mass is 9.64. The molecule has 1 aliphatic carbocycles. The summed E-state index contributed by atoms with van der Waals surface area (Å²) in [6.07, 6.45) is 3.84. The number of likely N-dealkylation sites (tertiary alicyclic amines) is 1. The zero-order valence-corrected chi connectivity index (χ0v) is 13.8. The fraction of sp³-hybridized carbons (Fsp3) is 0.579. The Balaban J connectivity index is 1.56. The molecule has 1 heterocycles. The normalized spacial score (nSPS) is 24.6. The van der Waals surface area contributed by atoms with Crippen molar-refractivity contribution in [2.45, 2.75) is 38.6 Å². The van der Waals surface area contributed by atoms with E-state index in [9.17, 15) is 9.59 Å². The van der Waals surface area contributed by atoms with Crippen molar-refractivity contribution in [3.63, 3.8) is 0 Å². The van der Waals surface area contributed by atoms with Gasteiger partial charge in [-0.1, -0.05) is 30.3 Å². The minimum atomic E-state index is -0.227. The number of nitrogens with zero attached hydrogens (tertiary/aromatic N) is 1. The molecule has 1 spiro atoms. The van der Waals surface area contributed by atoms with E-state index >= 15 is 0 Å². The number of carbonyl (C=O) groups is 2. The molecule has 4 heteroatoms. The first-order valence-electron chi connectivity index (χ1n) is 8.50. The molecule has 1 saturated heterocycles. The minimum absolute atomic E-state index is 0.183. The maximum atomic E-state index is 12.6. The van der Waals surface area contributed by atoms with Crippen LogP contribution in [0.5, 0.6) is 0 Å². The van der Waals surface area contributed by atoms with Crippen molar-refractivity contribution in [1.29, 1.82) is 0 Å². The molecule has 2 fully saturated rings. The van der Waals surface area contributed by atoms with E-state index < -0.39 is 0 Å². The molecule has 1 aromatic rings. The van der Waals surface area contributed by atoms with Gasteiger partial charge in [-0.3, -0.25) is 14.5 Å². The zero-order valence-electron chi connectivity index (χ0n) is 13.8. The predicted octanol–water partition coefficient (Wildman–Crippen LogP) is 2.81. The van der Waals surface area contributed by atoms with E-state index in [1.165, 1.54) is 12.7 Å². The van der Waals surface area contributed by atoms with Gasteiger partial charge < -0.3 is 4.74 Å². The lowest BCUT2D eigenvalue weighted by molar-refractivity contribution is -0.152. The third-order valence-electron chi connectivity index (χ3n) is 5.59. The van der Waals surface area contributed by atoms with Crippen LogP contribution in [0.4, 0.5) is 0 Å². The number of piperidine rings is 1. The second-order valence-corrected chi connectivity index (χ2v) is 6.93. The average molecular weight is 315 g/mol. The van der Waals surface area contributed by atoms with E-state index in [0.717, 1.165) is 45.3 Å². The van der Waals surface area contributed by atoms with Crippen LogP contribution in [0.1, 0.15) is 37.7 Å². The lowest BCUT2D eigenvalue weighted by Gasteiger charge is -2.44. The molecule has 4 nitrogen and oxygen atoms in total. The van der Waals surface area contributed by atoms with Gasteiger partial charge in [0.1, 0.15) is 5.78 Å². The number of ether oxygens (including phenoxy) is 1. The highest BCUT2D eigenvalue weighted by Gasteiger charge is 2.46. The Morgan fingerprint density at radius 3 is 2.52 bits per heavy atom. The molecule has 1 aliphatic heterocycles. The number of ketones is 1. The third kappa shape index (κ3) is 3.47. The van der Waals surface area contributed by atoms with Gasteiger partial charge in [-0.25, -0.2) is 0 Å². The van der Waals surface area contributed by atoms with E-state index in [1.54, 1.807) is 0 Å². The molecule has 2 aliphatic rings. The van der Waals surface area contributed by atoms with E-state index in [4.69, 9.17) is 4.74 Å². The van der Waals surface area contributed by atoms with E-state index in [0.29, 0.717) is 6.42 Å². The van der Waals surface area contributed by atoms with Crippen molar-refractivity contribution in [2.24, 2.45) is 11.3 Å². The Bertz CT molecular complexity index is 561. The van der Waals surface area contributed by atoms with Gasteiger partial charge in [0.25, 0.3) is 0 Å². The summed E-state index contributed by atoms with van der Waals surface area (Å²) in [5.41, 5.74) is 1.14. The molecule has 1 saturated carbocycles. The number of hydrogen-bond acceptors (Lipinski definition) is 4. The van der Waals surface area contributed by atoms with Crippen molar-refractivity contribution >= 4 is 11.8 Å². The largest absolute Gasteiger partial charge is 0.469 e. The van der Waals surface area contributed by atoms with Crippen LogP contribution in [0.25, 0.3) is 0 Å². The third-order valence-corrected chi connectivity index (χ3v) is 5.59. The second-order valence-electron chi connectivity index (χ2n) is 6.93. The average Bonchev–Trinajstić information content (AvgIpc) is 2.59. The highest BCUT2D eigenvalue weighted by atomic mass is 16.5. The smallest absolute Gasteiger partial charge is 0.309 e. The molecule has 0 radical (unpaired) electrons. The maximum absolute atomic E-state index is 12.6. The summed E-state index contributed by atoms with van der Waals surface area (Å²) in [6, 6.07) is 10.5. The molecule has 23 heavy (non-hydrogen) atoms. The Morgan fingerprint density at radius 1 is 1.22 bits per heavy atom. The van der Waals surface area contributed by atoms with Crippen molar-refractivity contribution in [3.05, 3.63) is 35.9 Å². The topological polar surface area (TPSA) is 46.6 Å². The Hall–Kier alpha value is -1.68. The summed E-state index contributed by atoms with van der Waals surface area (Å²) in [5.74, 6) is -0.173. The summed E-state index contributed by atoms with van der Waals surface area (Å²) >= 11 is 0. The first-order valence-corrected chi connectivity index (χ1v) is 8.50. The number of Topliss-reactive ketones (excluding diaryl/α,β-unsaturated/α-hetero) is 1. The molecule has 3 rings (SSSR count). The highest BCUT2D eigenvalue weighted by Crippen LogP contribution is 2.44. The summed E-state index contributed by atoms with van der Waals surface area (Å²) in [4.78, 5) is 26.7. The molecular weight excluding hydrogens is 290 g/mol. The summed E-state index contributed by atoms with van der Waals surface area (Å²) < 4.78 is 4.80. The SMILES string of the molecule is COC(=O)C1CCC2(CCN(Cc3ccccc3)CC2)C(=O)C1. The van der Waals surface area contributed by atoms with Gasteiger partial charge in [0.15, 0.2) is 0 Å². The number of carbonyl (C=O) groups excluding carboxylic acids is 2. The first-order chi connectivity index (χ1) is 11.1. The number of rotatable bonds is 3. The van der Waals surface area contributed by atoms with Gasteiger partial charge >= 0.3 is 5.97 Å². The number of benzene rings is 1. The van der Waals surface area contributed by atoms with Crippen LogP contribution < -0.4 is 0 Å². The second kappa shape index (κ2) is 6.83. The molecule has 1 atom stereocenters. The van der Waals surface area contributed by atoms with E-state index in [-0.39, 0.29) is 23.1 Å². The predicted molar refractivity (Wildman–Crippen MR) is 87.8 cm³/mol. The van der Waals surface area contributed by atoms with Crippen LogP contribution in [0, 0.1) is 11.3 Å². The van der Waals surface area contributed by atoms with Crippen LogP contribution in [0.2, 0.25) is 0 Å². The number of methoxy groups -OCH3 is 1. The summed E-state index contributed by atoms with van der Waals surface area (Å²) in [6.45, 7) is 2.88. The molecular formula is C19H25NO3. The fourth-order valence-electron chi connectivity index (χ4n) is 4.01. The van der Waals surface area contributed by atoms with Crippen molar-refractivity contribution in [2.75, 3.05) is 20.2 Å². The van der Waals surface area contributed by atoms with Crippen LogP contribution in [0.3, 0.4) is 0 Å². The highest BCUT2D eigenvalue weighted by molar-refractivity contribution is 5.90. The van der Waals surface area contributed by atoms with Gasteiger partial charge in [0.05, 0.1) is 13.0 Å². The number of esters is 1. The maximum Gasteiger partial charge on any atom is 0.309 e. The van der Waals surface area contributed by atoms with E-state index in [1.807, 2.05) is 6.07 Å². The molecule has 0 bridgehead atoms. The molecule has 124 valence electrons. The molecule has 0 N–H and O–H groups in total.